The van der Waals surface area contributed by atoms with Gasteiger partial charge in [-0.2, -0.15) is 0 Å². The Hall–Kier alpha value is -4.99. The molecule has 6 rings (SSSR count). The SMILES string of the molecule is CCCCOC(=O)C1=C(N)OC2=C(C(=O)c3cccc4cccc2c34)C12C(=O)Nc1ccc([N+](=O)[O-])cc12. The fraction of sp³-hybridized carbons (Fsp3) is 0.179. The van der Waals surface area contributed by atoms with Gasteiger partial charge in [-0.1, -0.05) is 49.7 Å². The normalized spacial score (nSPS) is 19.3. The van der Waals surface area contributed by atoms with Crippen molar-refractivity contribution in [3.63, 3.8) is 0 Å². The molecule has 0 radical (unpaired) electrons. The number of nitrogens with zero attached hydrogens (tertiary/aromatic N) is 1. The zero-order valence-corrected chi connectivity index (χ0v) is 20.2. The highest BCUT2D eigenvalue weighted by atomic mass is 16.6. The maximum atomic E-state index is 14.2. The van der Waals surface area contributed by atoms with Crippen molar-refractivity contribution >= 4 is 45.6 Å². The molecule has 0 fully saturated rings. The van der Waals surface area contributed by atoms with E-state index in [1.54, 1.807) is 24.3 Å². The summed E-state index contributed by atoms with van der Waals surface area (Å²) in [7, 11) is 0. The number of fused-ring (bicyclic) bond motifs is 4. The lowest BCUT2D eigenvalue weighted by Crippen LogP contribution is -2.48. The van der Waals surface area contributed by atoms with Gasteiger partial charge in [-0.3, -0.25) is 19.7 Å². The van der Waals surface area contributed by atoms with Crippen molar-refractivity contribution in [2.75, 3.05) is 11.9 Å². The number of Topliss-reactive ketones (excluding diaryl/α,β-unsaturated/α-hetero) is 1. The molecule has 0 aromatic heterocycles. The van der Waals surface area contributed by atoms with E-state index in [4.69, 9.17) is 15.2 Å². The highest BCUT2D eigenvalue weighted by Crippen LogP contribution is 2.57. The van der Waals surface area contributed by atoms with Gasteiger partial charge in [0.05, 0.1) is 17.1 Å². The van der Waals surface area contributed by atoms with Gasteiger partial charge in [-0.15, -0.1) is 0 Å². The minimum absolute atomic E-state index is 0.0245. The molecule has 1 unspecified atom stereocenters. The van der Waals surface area contributed by atoms with Gasteiger partial charge in [0.2, 0.25) is 11.8 Å². The molecule has 2 heterocycles. The molecule has 1 aliphatic carbocycles. The first-order valence-corrected chi connectivity index (χ1v) is 12.1. The highest BCUT2D eigenvalue weighted by Gasteiger charge is 2.63. The van der Waals surface area contributed by atoms with Crippen LogP contribution in [-0.2, 0) is 24.5 Å². The van der Waals surface area contributed by atoms with Crippen LogP contribution >= 0.6 is 0 Å². The lowest BCUT2D eigenvalue weighted by molar-refractivity contribution is -0.384. The number of esters is 1. The molecule has 3 aromatic carbocycles. The predicted octanol–water partition coefficient (Wildman–Crippen LogP) is 4.09. The van der Waals surface area contributed by atoms with E-state index < -0.39 is 33.9 Å². The van der Waals surface area contributed by atoms with Gasteiger partial charge in [0, 0.05) is 39.9 Å². The molecule has 3 aromatic rings. The first kappa shape index (κ1) is 23.4. The van der Waals surface area contributed by atoms with Gasteiger partial charge in [0.25, 0.3) is 5.69 Å². The van der Waals surface area contributed by atoms with Gasteiger partial charge < -0.3 is 20.5 Å². The van der Waals surface area contributed by atoms with Crippen LogP contribution in [-0.4, -0.2) is 29.2 Å². The number of nitro benzene ring substituents is 1. The van der Waals surface area contributed by atoms with Crippen molar-refractivity contribution in [3.8, 4) is 0 Å². The fourth-order valence-corrected chi connectivity index (χ4v) is 5.54. The number of benzene rings is 3. The standard InChI is InChI=1S/C28H21N3O7/c1-2-3-12-37-26(33)22-25(29)38-24-17-9-5-7-14-6-4-8-16(20(14)17)23(32)21(24)28(22)18-13-15(31(35)36)10-11-19(18)30-27(28)34/h4-11,13H,2-3,12,29H2,1H3,(H,30,34). The van der Waals surface area contributed by atoms with E-state index in [1.165, 1.54) is 18.2 Å². The van der Waals surface area contributed by atoms with E-state index in [-0.39, 0.29) is 40.5 Å². The maximum absolute atomic E-state index is 14.2. The number of nitro groups is 1. The smallest absolute Gasteiger partial charge is 0.341 e. The Labute approximate surface area is 215 Å². The molecule has 0 bridgehead atoms. The van der Waals surface area contributed by atoms with Crippen LogP contribution in [0.5, 0.6) is 0 Å². The average Bonchev–Trinajstić information content (AvgIpc) is 3.18. The predicted molar refractivity (Wildman–Crippen MR) is 137 cm³/mol. The number of ketones is 1. The fourth-order valence-electron chi connectivity index (χ4n) is 5.54. The molecule has 1 spiro atoms. The minimum atomic E-state index is -2.13. The molecule has 38 heavy (non-hydrogen) atoms. The van der Waals surface area contributed by atoms with E-state index in [2.05, 4.69) is 5.32 Å². The van der Waals surface area contributed by atoms with Crippen molar-refractivity contribution in [2.24, 2.45) is 5.73 Å². The highest BCUT2D eigenvalue weighted by molar-refractivity contribution is 6.32. The number of carbonyl (C=O) groups is 3. The number of ether oxygens (including phenoxy) is 2. The molecule has 0 saturated heterocycles. The summed E-state index contributed by atoms with van der Waals surface area (Å²) in [4.78, 5) is 52.9. The Morgan fingerprint density at radius 3 is 2.58 bits per heavy atom. The number of hydrogen-bond acceptors (Lipinski definition) is 8. The number of amides is 1. The topological polar surface area (TPSA) is 151 Å². The van der Waals surface area contributed by atoms with E-state index in [0.29, 0.717) is 22.9 Å². The van der Waals surface area contributed by atoms with E-state index in [1.807, 2.05) is 19.1 Å². The summed E-state index contributed by atoms with van der Waals surface area (Å²) in [5.74, 6) is -2.64. The van der Waals surface area contributed by atoms with Gasteiger partial charge in [-0.25, -0.2) is 4.79 Å². The Bertz CT molecular complexity index is 1680. The number of carbonyl (C=O) groups excluding carboxylic acids is 3. The monoisotopic (exact) mass is 511 g/mol. The summed E-state index contributed by atoms with van der Waals surface area (Å²) in [6.45, 7) is 1.97. The summed E-state index contributed by atoms with van der Waals surface area (Å²) in [5, 5.41) is 15.8. The van der Waals surface area contributed by atoms with Crippen LogP contribution in [0, 0.1) is 10.1 Å². The third-order valence-electron chi connectivity index (χ3n) is 7.20. The molecular formula is C28H21N3O7. The zero-order chi connectivity index (χ0) is 26.8. The van der Waals surface area contributed by atoms with Crippen LogP contribution in [0.3, 0.4) is 0 Å². The Morgan fingerprint density at radius 1 is 1.13 bits per heavy atom. The number of non-ortho nitro benzene ring substituents is 1. The molecule has 190 valence electrons. The average molecular weight is 511 g/mol. The van der Waals surface area contributed by atoms with E-state index >= 15 is 0 Å². The van der Waals surface area contributed by atoms with Crippen LogP contribution in [0.1, 0.15) is 41.3 Å². The molecule has 0 saturated carbocycles. The molecule has 10 heteroatoms. The summed E-state index contributed by atoms with van der Waals surface area (Å²) < 4.78 is 11.4. The number of unbranched alkanes of at least 4 members (excludes halogenated alkanes) is 1. The number of nitrogens with one attached hydrogen (secondary N) is 1. The van der Waals surface area contributed by atoms with E-state index in [9.17, 15) is 24.5 Å². The van der Waals surface area contributed by atoms with E-state index in [0.717, 1.165) is 11.8 Å². The number of rotatable bonds is 5. The Kier molecular flexibility index (Phi) is 5.09. The van der Waals surface area contributed by atoms with Crippen LogP contribution in [0.2, 0.25) is 0 Å². The Balaban J connectivity index is 1.70. The lowest BCUT2D eigenvalue weighted by atomic mass is 9.64. The van der Waals surface area contributed by atoms with Crippen LogP contribution in [0.4, 0.5) is 11.4 Å². The summed E-state index contributed by atoms with van der Waals surface area (Å²) >= 11 is 0. The maximum Gasteiger partial charge on any atom is 0.341 e. The molecule has 3 aliphatic rings. The summed E-state index contributed by atoms with van der Waals surface area (Å²) in [6.07, 6.45) is 1.30. The van der Waals surface area contributed by atoms with Crippen molar-refractivity contribution in [3.05, 3.63) is 98.4 Å². The van der Waals surface area contributed by atoms with Gasteiger partial charge >= 0.3 is 5.97 Å². The van der Waals surface area contributed by atoms with Crippen molar-refractivity contribution < 1.29 is 28.8 Å². The molecule has 1 amide bonds. The molecule has 3 N–H and O–H groups in total. The second kappa shape index (κ2) is 8.27. The van der Waals surface area contributed by atoms with Gasteiger partial charge in [-0.05, 0) is 17.9 Å². The third-order valence-corrected chi connectivity index (χ3v) is 7.20. The third kappa shape index (κ3) is 2.97. The van der Waals surface area contributed by atoms with Crippen LogP contribution in [0.15, 0.2) is 71.6 Å². The zero-order valence-electron chi connectivity index (χ0n) is 20.2. The first-order chi connectivity index (χ1) is 18.3. The van der Waals surface area contributed by atoms with Crippen molar-refractivity contribution in [1.82, 2.24) is 0 Å². The van der Waals surface area contributed by atoms with Gasteiger partial charge in [0.15, 0.2) is 5.78 Å². The molecule has 2 aliphatic heterocycles. The molecule has 1 atom stereocenters. The number of anilines is 1. The first-order valence-electron chi connectivity index (χ1n) is 12.1. The van der Waals surface area contributed by atoms with Crippen molar-refractivity contribution in [1.29, 1.82) is 0 Å². The largest absolute Gasteiger partial charge is 0.462 e. The lowest BCUT2D eigenvalue weighted by Gasteiger charge is -2.38. The second-order valence-electron chi connectivity index (χ2n) is 9.26. The Morgan fingerprint density at radius 2 is 1.87 bits per heavy atom. The quantitative estimate of drug-likeness (QED) is 0.225. The van der Waals surface area contributed by atoms with Crippen LogP contribution in [0.25, 0.3) is 16.5 Å². The second-order valence-corrected chi connectivity index (χ2v) is 9.26. The molecular weight excluding hydrogens is 490 g/mol. The molecule has 10 nitrogen and oxygen atoms in total. The summed E-state index contributed by atoms with van der Waals surface area (Å²) in [5.41, 5.74) is 4.47. The van der Waals surface area contributed by atoms with Gasteiger partial charge in [0.1, 0.15) is 16.7 Å². The number of nitrogens with two attached hydrogens (primary N) is 1. The van der Waals surface area contributed by atoms with Crippen LogP contribution < -0.4 is 11.1 Å². The minimum Gasteiger partial charge on any atom is -0.462 e. The van der Waals surface area contributed by atoms with Crippen molar-refractivity contribution in [2.45, 2.75) is 25.2 Å². The number of hydrogen-bond donors (Lipinski definition) is 2. The summed E-state index contributed by atoms with van der Waals surface area (Å²) in [6, 6.07) is 14.3.